The molecule has 3 nitrogen and oxygen atoms in total. The number of hydrogen-bond acceptors (Lipinski definition) is 2. The topological polar surface area (TPSA) is 29.9 Å². The summed E-state index contributed by atoms with van der Waals surface area (Å²) in [5, 5.41) is 3.48. The average Bonchev–Trinajstić information content (AvgIpc) is 2.88. The van der Waals surface area contributed by atoms with E-state index in [1.165, 1.54) is 18.5 Å². The Kier molecular flexibility index (Phi) is 3.08. The number of imidazole rings is 1. The lowest BCUT2D eigenvalue weighted by Crippen LogP contribution is -2.18. The SMILES string of the molecule is C#CCC(C)n1cncc1[C@@H]1CCCN1. The molecule has 0 radical (unpaired) electrons. The van der Waals surface area contributed by atoms with E-state index in [1.54, 1.807) is 0 Å². The van der Waals surface area contributed by atoms with Gasteiger partial charge in [0.15, 0.2) is 0 Å². The zero-order valence-corrected chi connectivity index (χ0v) is 9.11. The highest BCUT2D eigenvalue weighted by atomic mass is 15.1. The second kappa shape index (κ2) is 4.50. The maximum Gasteiger partial charge on any atom is 0.0951 e. The molecule has 2 heterocycles. The summed E-state index contributed by atoms with van der Waals surface area (Å²) in [6, 6.07) is 0.808. The van der Waals surface area contributed by atoms with Gasteiger partial charge in [0.2, 0.25) is 0 Å². The number of nitrogens with one attached hydrogen (secondary N) is 1. The van der Waals surface area contributed by atoms with Crippen LogP contribution in [0.3, 0.4) is 0 Å². The summed E-state index contributed by atoms with van der Waals surface area (Å²) in [4.78, 5) is 4.22. The van der Waals surface area contributed by atoms with E-state index in [0.29, 0.717) is 12.1 Å². The molecule has 1 aliphatic rings. The van der Waals surface area contributed by atoms with Crippen LogP contribution in [0.1, 0.15) is 44.0 Å². The first-order valence-electron chi connectivity index (χ1n) is 5.51. The van der Waals surface area contributed by atoms with E-state index < -0.39 is 0 Å². The van der Waals surface area contributed by atoms with Crippen LogP contribution in [0.15, 0.2) is 12.5 Å². The van der Waals surface area contributed by atoms with Gasteiger partial charge in [-0.1, -0.05) is 0 Å². The monoisotopic (exact) mass is 203 g/mol. The first-order valence-corrected chi connectivity index (χ1v) is 5.51. The number of aromatic nitrogens is 2. The fourth-order valence-electron chi connectivity index (χ4n) is 2.16. The van der Waals surface area contributed by atoms with Gasteiger partial charge in [-0.2, -0.15) is 0 Å². The van der Waals surface area contributed by atoms with Crippen LogP contribution in [0.5, 0.6) is 0 Å². The molecule has 3 heteroatoms. The summed E-state index contributed by atoms with van der Waals surface area (Å²) >= 11 is 0. The normalized spacial score (nSPS) is 22.5. The molecule has 0 spiro atoms. The van der Waals surface area contributed by atoms with Gasteiger partial charge in [0.05, 0.1) is 12.0 Å². The molecule has 15 heavy (non-hydrogen) atoms. The van der Waals surface area contributed by atoms with Crippen LogP contribution in [-0.4, -0.2) is 16.1 Å². The molecule has 80 valence electrons. The van der Waals surface area contributed by atoms with Crippen LogP contribution in [0.4, 0.5) is 0 Å². The molecule has 1 N–H and O–H groups in total. The minimum Gasteiger partial charge on any atom is -0.329 e. The lowest BCUT2D eigenvalue weighted by Gasteiger charge is -2.18. The maximum atomic E-state index is 5.34. The van der Waals surface area contributed by atoms with E-state index in [9.17, 15) is 0 Å². The van der Waals surface area contributed by atoms with Crippen LogP contribution in [0.2, 0.25) is 0 Å². The molecular formula is C12H17N3. The molecule has 0 amide bonds. The van der Waals surface area contributed by atoms with Gasteiger partial charge >= 0.3 is 0 Å². The minimum atomic E-state index is 0.342. The zero-order chi connectivity index (χ0) is 10.7. The number of rotatable bonds is 3. The van der Waals surface area contributed by atoms with Crippen molar-refractivity contribution >= 4 is 0 Å². The van der Waals surface area contributed by atoms with Gasteiger partial charge in [-0.15, -0.1) is 12.3 Å². The Labute approximate surface area is 90.9 Å². The molecule has 2 atom stereocenters. The number of nitrogens with zero attached hydrogens (tertiary/aromatic N) is 2. The van der Waals surface area contributed by atoms with Crippen LogP contribution in [0, 0.1) is 12.3 Å². The molecule has 0 saturated carbocycles. The summed E-state index contributed by atoms with van der Waals surface area (Å²) in [6.45, 7) is 3.25. The van der Waals surface area contributed by atoms with Crippen molar-refractivity contribution in [2.45, 2.75) is 38.3 Å². The standard InChI is InChI=1S/C12H17N3/c1-3-5-10(2)15-9-13-8-12(15)11-6-4-7-14-11/h1,8-11,14H,4-7H2,2H3/t10?,11-/m0/s1. The van der Waals surface area contributed by atoms with Crippen LogP contribution >= 0.6 is 0 Å². The third-order valence-corrected chi connectivity index (χ3v) is 3.00. The Morgan fingerprint density at radius 3 is 3.33 bits per heavy atom. The van der Waals surface area contributed by atoms with Crippen LogP contribution in [-0.2, 0) is 0 Å². The fraction of sp³-hybridized carbons (Fsp3) is 0.583. The van der Waals surface area contributed by atoms with Gasteiger partial charge in [-0.3, -0.25) is 0 Å². The van der Waals surface area contributed by atoms with E-state index in [-0.39, 0.29) is 0 Å². The van der Waals surface area contributed by atoms with E-state index in [2.05, 4.69) is 27.7 Å². The third kappa shape index (κ3) is 2.05. The van der Waals surface area contributed by atoms with E-state index in [0.717, 1.165) is 13.0 Å². The van der Waals surface area contributed by atoms with Gasteiger partial charge in [-0.25, -0.2) is 4.98 Å². The third-order valence-electron chi connectivity index (χ3n) is 3.00. The van der Waals surface area contributed by atoms with Crippen LogP contribution < -0.4 is 5.32 Å². The van der Waals surface area contributed by atoms with Crippen molar-refractivity contribution in [3.8, 4) is 12.3 Å². The first kappa shape index (κ1) is 10.3. The molecule has 0 bridgehead atoms. The van der Waals surface area contributed by atoms with Crippen molar-refractivity contribution in [3.63, 3.8) is 0 Å². The van der Waals surface area contributed by atoms with Gasteiger partial charge in [-0.05, 0) is 26.3 Å². The Morgan fingerprint density at radius 1 is 1.80 bits per heavy atom. The predicted molar refractivity (Wildman–Crippen MR) is 60.4 cm³/mol. The lowest BCUT2D eigenvalue weighted by molar-refractivity contribution is 0.499. The van der Waals surface area contributed by atoms with Crippen molar-refractivity contribution < 1.29 is 0 Å². The smallest absolute Gasteiger partial charge is 0.0951 e. The zero-order valence-electron chi connectivity index (χ0n) is 9.11. The lowest BCUT2D eigenvalue weighted by atomic mass is 10.1. The highest BCUT2D eigenvalue weighted by Crippen LogP contribution is 2.25. The molecule has 0 aliphatic carbocycles. The molecular weight excluding hydrogens is 186 g/mol. The Morgan fingerprint density at radius 2 is 2.67 bits per heavy atom. The second-order valence-electron chi connectivity index (χ2n) is 4.13. The predicted octanol–water partition coefficient (Wildman–Crippen LogP) is 1.89. The van der Waals surface area contributed by atoms with Crippen molar-refractivity contribution in [1.82, 2.24) is 14.9 Å². The van der Waals surface area contributed by atoms with Crippen molar-refractivity contribution in [3.05, 3.63) is 18.2 Å². The number of hydrogen-bond donors (Lipinski definition) is 1. The Balaban J connectivity index is 2.17. The van der Waals surface area contributed by atoms with E-state index in [4.69, 9.17) is 6.42 Å². The van der Waals surface area contributed by atoms with Crippen molar-refractivity contribution in [2.75, 3.05) is 6.54 Å². The van der Waals surface area contributed by atoms with Gasteiger partial charge < -0.3 is 9.88 Å². The average molecular weight is 203 g/mol. The molecule has 2 rings (SSSR count). The summed E-state index contributed by atoms with van der Waals surface area (Å²) in [5.74, 6) is 2.70. The van der Waals surface area contributed by atoms with Gasteiger partial charge in [0.25, 0.3) is 0 Å². The number of terminal acetylenes is 1. The minimum absolute atomic E-state index is 0.342. The molecule has 1 aromatic heterocycles. The Bertz CT molecular complexity index is 355. The van der Waals surface area contributed by atoms with Crippen LogP contribution in [0.25, 0.3) is 0 Å². The molecule has 1 fully saturated rings. The molecule has 0 aromatic carbocycles. The summed E-state index contributed by atoms with van der Waals surface area (Å²) in [5.41, 5.74) is 1.27. The fourth-order valence-corrected chi connectivity index (χ4v) is 2.16. The molecule has 1 aromatic rings. The van der Waals surface area contributed by atoms with Crippen molar-refractivity contribution in [1.29, 1.82) is 0 Å². The highest BCUT2D eigenvalue weighted by Gasteiger charge is 2.21. The largest absolute Gasteiger partial charge is 0.329 e. The summed E-state index contributed by atoms with van der Waals surface area (Å²) in [6.07, 6.45) is 12.4. The Hall–Kier alpha value is -1.27. The quantitative estimate of drug-likeness (QED) is 0.760. The molecule has 1 aliphatic heterocycles. The molecule has 1 unspecified atom stereocenters. The summed E-state index contributed by atoms with van der Waals surface area (Å²) < 4.78 is 2.20. The van der Waals surface area contributed by atoms with E-state index in [1.807, 2.05) is 12.5 Å². The highest BCUT2D eigenvalue weighted by molar-refractivity contribution is 5.09. The second-order valence-corrected chi connectivity index (χ2v) is 4.13. The van der Waals surface area contributed by atoms with Gasteiger partial charge in [0.1, 0.15) is 0 Å². The van der Waals surface area contributed by atoms with Gasteiger partial charge in [0, 0.05) is 24.7 Å². The summed E-state index contributed by atoms with van der Waals surface area (Å²) in [7, 11) is 0. The first-order chi connectivity index (χ1) is 7.33. The molecule has 1 saturated heterocycles. The van der Waals surface area contributed by atoms with Crippen molar-refractivity contribution in [2.24, 2.45) is 0 Å². The maximum absolute atomic E-state index is 5.34. The van der Waals surface area contributed by atoms with E-state index >= 15 is 0 Å².